The summed E-state index contributed by atoms with van der Waals surface area (Å²) in [7, 11) is 1.49. The summed E-state index contributed by atoms with van der Waals surface area (Å²) < 4.78 is 39.4. The summed E-state index contributed by atoms with van der Waals surface area (Å²) in [4.78, 5) is 11.4. The molecule has 0 fully saturated rings. The second-order valence-corrected chi connectivity index (χ2v) is 3.19. The van der Waals surface area contributed by atoms with Crippen molar-refractivity contribution in [2.45, 2.75) is 6.18 Å². The van der Waals surface area contributed by atoms with E-state index in [0.717, 1.165) is 10.5 Å². The number of aryl methyl sites for hydroxylation is 1. The maximum absolute atomic E-state index is 12.5. The van der Waals surface area contributed by atoms with Crippen molar-refractivity contribution in [3.63, 3.8) is 0 Å². The maximum Gasteiger partial charge on any atom is 0.431 e. The van der Waals surface area contributed by atoms with Gasteiger partial charge in [0, 0.05) is 19.4 Å². The number of rotatable bonds is 0. The molecule has 0 radical (unpaired) electrons. The van der Waals surface area contributed by atoms with Gasteiger partial charge in [-0.05, 0) is 12.1 Å². The molecule has 15 heavy (non-hydrogen) atoms. The van der Waals surface area contributed by atoms with E-state index in [1.54, 1.807) is 0 Å². The number of hydrogen-bond acceptors (Lipinski definition) is 1. The molecule has 2 aromatic rings. The molecule has 3 nitrogen and oxygen atoms in total. The Morgan fingerprint density at radius 2 is 1.87 bits per heavy atom. The van der Waals surface area contributed by atoms with E-state index >= 15 is 0 Å². The van der Waals surface area contributed by atoms with Crippen molar-refractivity contribution >= 4 is 5.52 Å². The molecule has 0 saturated heterocycles. The molecule has 0 amide bonds. The van der Waals surface area contributed by atoms with Crippen LogP contribution in [-0.4, -0.2) is 8.97 Å². The molecule has 0 unspecified atom stereocenters. The fourth-order valence-corrected chi connectivity index (χ4v) is 1.43. The molecule has 2 heterocycles. The van der Waals surface area contributed by atoms with Gasteiger partial charge in [-0.15, -0.1) is 0 Å². The van der Waals surface area contributed by atoms with E-state index in [2.05, 4.69) is 0 Å². The Kier molecular flexibility index (Phi) is 1.89. The summed E-state index contributed by atoms with van der Waals surface area (Å²) in [6.07, 6.45) is -1.93. The zero-order valence-electron chi connectivity index (χ0n) is 7.75. The molecule has 6 heteroatoms. The highest BCUT2D eigenvalue weighted by Gasteiger charge is 2.33. The Labute approximate surface area is 82.4 Å². The van der Waals surface area contributed by atoms with Gasteiger partial charge in [0.15, 0.2) is 0 Å². The smallest absolute Gasteiger partial charge is 0.315 e. The normalized spacial score (nSPS) is 12.3. The lowest BCUT2D eigenvalue weighted by molar-refractivity contribution is -0.141. The standard InChI is InChI=1S/C9H7F3N2O/c1-13-4-5-14-6(8(13)15)2-3-7(14)9(10,11)12/h2-5H,1H3. The Balaban J connectivity index is 2.84. The lowest BCUT2D eigenvalue weighted by Crippen LogP contribution is -2.19. The Morgan fingerprint density at radius 1 is 1.20 bits per heavy atom. The third-order valence-corrected chi connectivity index (χ3v) is 2.19. The molecular formula is C9H7F3N2O. The van der Waals surface area contributed by atoms with E-state index in [4.69, 9.17) is 0 Å². The van der Waals surface area contributed by atoms with E-state index in [0.29, 0.717) is 0 Å². The molecule has 80 valence electrons. The maximum atomic E-state index is 12.5. The second-order valence-electron chi connectivity index (χ2n) is 3.19. The van der Waals surface area contributed by atoms with Gasteiger partial charge in [0.25, 0.3) is 5.56 Å². The molecule has 2 aromatic heterocycles. The first-order valence-electron chi connectivity index (χ1n) is 4.15. The van der Waals surface area contributed by atoms with Gasteiger partial charge in [0.1, 0.15) is 11.2 Å². The van der Waals surface area contributed by atoms with E-state index in [1.807, 2.05) is 0 Å². The highest BCUT2D eigenvalue weighted by Crippen LogP contribution is 2.29. The summed E-state index contributed by atoms with van der Waals surface area (Å²) >= 11 is 0. The van der Waals surface area contributed by atoms with E-state index in [9.17, 15) is 18.0 Å². The molecule has 0 bridgehead atoms. The Morgan fingerprint density at radius 3 is 2.47 bits per heavy atom. The minimum absolute atomic E-state index is 0.0207. The van der Waals surface area contributed by atoms with Crippen LogP contribution in [-0.2, 0) is 13.2 Å². The van der Waals surface area contributed by atoms with Gasteiger partial charge in [-0.3, -0.25) is 4.79 Å². The van der Waals surface area contributed by atoms with E-state index in [1.165, 1.54) is 30.1 Å². The van der Waals surface area contributed by atoms with Crippen LogP contribution < -0.4 is 5.56 Å². The van der Waals surface area contributed by atoms with Crippen molar-refractivity contribution in [3.8, 4) is 0 Å². The molecule has 2 rings (SSSR count). The molecule has 0 aliphatic rings. The van der Waals surface area contributed by atoms with Crippen LogP contribution in [0.3, 0.4) is 0 Å². The first-order valence-corrected chi connectivity index (χ1v) is 4.15. The van der Waals surface area contributed by atoms with Gasteiger partial charge >= 0.3 is 6.18 Å². The van der Waals surface area contributed by atoms with Crippen molar-refractivity contribution in [2.75, 3.05) is 0 Å². The second kappa shape index (κ2) is 2.88. The van der Waals surface area contributed by atoms with Crippen LogP contribution in [0.1, 0.15) is 5.69 Å². The van der Waals surface area contributed by atoms with Crippen molar-refractivity contribution in [1.29, 1.82) is 0 Å². The van der Waals surface area contributed by atoms with Crippen molar-refractivity contribution in [1.82, 2.24) is 8.97 Å². The SMILES string of the molecule is Cn1ccn2c(C(F)(F)F)ccc2c1=O. The minimum atomic E-state index is -4.45. The number of aromatic nitrogens is 2. The van der Waals surface area contributed by atoms with Crippen LogP contribution in [0.2, 0.25) is 0 Å². The molecular weight excluding hydrogens is 209 g/mol. The zero-order chi connectivity index (χ0) is 11.2. The summed E-state index contributed by atoms with van der Waals surface area (Å²) in [5.74, 6) is 0. The predicted molar refractivity (Wildman–Crippen MR) is 47.6 cm³/mol. The van der Waals surface area contributed by atoms with E-state index in [-0.39, 0.29) is 5.52 Å². The average Bonchev–Trinajstić information content (AvgIpc) is 2.54. The molecule has 0 spiro atoms. The largest absolute Gasteiger partial charge is 0.431 e. The Bertz CT molecular complexity index is 565. The van der Waals surface area contributed by atoms with Crippen LogP contribution in [0.15, 0.2) is 29.3 Å². The van der Waals surface area contributed by atoms with Crippen molar-refractivity contribution < 1.29 is 13.2 Å². The van der Waals surface area contributed by atoms with Crippen molar-refractivity contribution in [3.05, 3.63) is 40.6 Å². The summed E-state index contributed by atoms with van der Waals surface area (Å²) in [5, 5.41) is 0. The van der Waals surface area contributed by atoms with Gasteiger partial charge < -0.3 is 8.97 Å². The van der Waals surface area contributed by atoms with Gasteiger partial charge in [0.2, 0.25) is 0 Å². The van der Waals surface area contributed by atoms with Crippen LogP contribution >= 0.6 is 0 Å². The van der Waals surface area contributed by atoms with Gasteiger partial charge in [0.05, 0.1) is 0 Å². The highest BCUT2D eigenvalue weighted by atomic mass is 19.4. The highest BCUT2D eigenvalue weighted by molar-refractivity contribution is 5.48. The molecule has 0 aliphatic carbocycles. The zero-order valence-corrected chi connectivity index (χ0v) is 7.75. The molecule has 0 aromatic carbocycles. The fraction of sp³-hybridized carbons (Fsp3) is 0.222. The van der Waals surface area contributed by atoms with Crippen molar-refractivity contribution in [2.24, 2.45) is 7.05 Å². The van der Waals surface area contributed by atoms with Gasteiger partial charge in [-0.25, -0.2) is 0 Å². The quantitative estimate of drug-likeness (QED) is 0.657. The monoisotopic (exact) mass is 216 g/mol. The molecule has 0 aliphatic heterocycles. The van der Waals surface area contributed by atoms with Crippen LogP contribution in [0.25, 0.3) is 5.52 Å². The minimum Gasteiger partial charge on any atom is -0.315 e. The lowest BCUT2D eigenvalue weighted by Gasteiger charge is -2.07. The van der Waals surface area contributed by atoms with Crippen LogP contribution in [0.4, 0.5) is 13.2 Å². The third-order valence-electron chi connectivity index (χ3n) is 2.19. The summed E-state index contributed by atoms with van der Waals surface area (Å²) in [5.41, 5.74) is -1.27. The van der Waals surface area contributed by atoms with Crippen LogP contribution in [0, 0.1) is 0 Å². The average molecular weight is 216 g/mol. The summed E-state index contributed by atoms with van der Waals surface area (Å²) in [6, 6.07) is 2.07. The number of alkyl halides is 3. The molecule has 0 saturated carbocycles. The first kappa shape index (κ1) is 9.82. The predicted octanol–water partition coefficient (Wildman–Crippen LogP) is 1.66. The number of halogens is 3. The molecule has 0 atom stereocenters. The number of nitrogens with zero attached hydrogens (tertiary/aromatic N) is 2. The fourth-order valence-electron chi connectivity index (χ4n) is 1.43. The third kappa shape index (κ3) is 1.42. The van der Waals surface area contributed by atoms with Gasteiger partial charge in [-0.2, -0.15) is 13.2 Å². The van der Waals surface area contributed by atoms with E-state index < -0.39 is 17.4 Å². The van der Waals surface area contributed by atoms with Gasteiger partial charge in [-0.1, -0.05) is 0 Å². The number of fused-ring (bicyclic) bond motifs is 1. The topological polar surface area (TPSA) is 26.4 Å². The number of hydrogen-bond donors (Lipinski definition) is 0. The Hall–Kier alpha value is -1.72. The van der Waals surface area contributed by atoms with Crippen LogP contribution in [0.5, 0.6) is 0 Å². The first-order chi connectivity index (χ1) is 6.91. The summed E-state index contributed by atoms with van der Waals surface area (Å²) in [6.45, 7) is 0. The molecule has 0 N–H and O–H groups in total. The lowest BCUT2D eigenvalue weighted by atomic mass is 10.4.